The molecule has 3 aromatic heterocycles. The number of nitrogens with one attached hydrogen (secondary N) is 3. The SMILES string of the molecule is Cn1cc2cc(Nc3nc(=O)n(Cc4c[nH]c(=O)[nH]c4=O)c(=O)n3Cc3cc(F)c(F)c(F)c3)c(Cl)cc2n1. The van der Waals surface area contributed by atoms with Gasteiger partial charge in [0.05, 0.1) is 34.9 Å². The molecule has 0 aliphatic rings. The minimum absolute atomic E-state index is 0.146. The molecule has 0 spiro atoms. The van der Waals surface area contributed by atoms with Crippen LogP contribution in [0.25, 0.3) is 10.9 Å². The predicted molar refractivity (Wildman–Crippen MR) is 134 cm³/mol. The standard InChI is InChI=1S/C23H16ClF3N8O4/c1-33-8-11-4-17(13(24)5-16(11)32-33)29-20-31-22(38)35(9-12-6-28-21(37)30-19(12)36)23(39)34(20)7-10-2-14(25)18(27)15(26)3-10/h2-6,8H,7,9H2,1H3,(H,29,31,38)(H2,28,30,36,37). The Bertz CT molecular complexity index is 1990. The Morgan fingerprint density at radius 2 is 1.72 bits per heavy atom. The molecule has 39 heavy (non-hydrogen) atoms. The second-order valence-corrected chi connectivity index (χ2v) is 8.87. The number of H-pyrrole nitrogens is 2. The van der Waals surface area contributed by atoms with Crippen LogP contribution in [0.4, 0.5) is 24.8 Å². The van der Waals surface area contributed by atoms with Crippen molar-refractivity contribution in [3.63, 3.8) is 0 Å². The number of aromatic amines is 2. The topological polar surface area (TPSA) is 152 Å². The molecule has 0 aliphatic heterocycles. The van der Waals surface area contributed by atoms with Crippen LogP contribution in [-0.2, 0) is 20.1 Å². The van der Waals surface area contributed by atoms with Crippen molar-refractivity contribution in [3.05, 3.63) is 112 Å². The Balaban J connectivity index is 1.66. The van der Waals surface area contributed by atoms with E-state index in [9.17, 15) is 32.3 Å². The van der Waals surface area contributed by atoms with Gasteiger partial charge in [0.25, 0.3) is 5.56 Å². The Kier molecular flexibility index (Phi) is 6.43. The summed E-state index contributed by atoms with van der Waals surface area (Å²) >= 11 is 6.36. The van der Waals surface area contributed by atoms with Crippen LogP contribution in [0.3, 0.4) is 0 Å². The summed E-state index contributed by atoms with van der Waals surface area (Å²) in [6.45, 7) is -1.15. The average Bonchev–Trinajstić information content (AvgIpc) is 3.22. The molecule has 0 atom stereocenters. The lowest BCUT2D eigenvalue weighted by Gasteiger charge is -2.16. The molecule has 2 aromatic carbocycles. The Morgan fingerprint density at radius 3 is 2.41 bits per heavy atom. The van der Waals surface area contributed by atoms with Crippen molar-refractivity contribution in [1.29, 1.82) is 0 Å². The number of nitrogens with zero attached hydrogens (tertiary/aromatic N) is 5. The van der Waals surface area contributed by atoms with Gasteiger partial charge in [0.2, 0.25) is 5.95 Å². The number of aryl methyl sites for hydroxylation is 1. The number of hydrogen-bond donors (Lipinski definition) is 3. The summed E-state index contributed by atoms with van der Waals surface area (Å²) in [5.74, 6) is -5.02. The van der Waals surface area contributed by atoms with E-state index in [2.05, 4.69) is 20.4 Å². The molecule has 0 unspecified atom stereocenters. The molecule has 16 heteroatoms. The zero-order chi connectivity index (χ0) is 28.0. The molecule has 200 valence electrons. The highest BCUT2D eigenvalue weighted by molar-refractivity contribution is 6.34. The summed E-state index contributed by atoms with van der Waals surface area (Å²) in [5.41, 5.74) is -3.29. The highest BCUT2D eigenvalue weighted by Gasteiger charge is 2.19. The van der Waals surface area contributed by atoms with Crippen LogP contribution in [0, 0.1) is 17.5 Å². The summed E-state index contributed by atoms with van der Waals surface area (Å²) < 4.78 is 44.4. The summed E-state index contributed by atoms with van der Waals surface area (Å²) in [6.07, 6.45) is 2.72. The Labute approximate surface area is 219 Å². The molecule has 3 N–H and O–H groups in total. The summed E-state index contributed by atoms with van der Waals surface area (Å²) in [4.78, 5) is 57.9. The van der Waals surface area contributed by atoms with Crippen LogP contribution in [0.15, 0.2) is 55.8 Å². The lowest BCUT2D eigenvalue weighted by molar-refractivity contribution is 0.444. The van der Waals surface area contributed by atoms with Gasteiger partial charge in [-0.15, -0.1) is 0 Å². The quantitative estimate of drug-likeness (QED) is 0.267. The highest BCUT2D eigenvalue weighted by atomic mass is 35.5. The molecule has 0 fully saturated rings. The minimum atomic E-state index is -1.69. The van der Waals surface area contributed by atoms with Crippen LogP contribution in [0.5, 0.6) is 0 Å². The van der Waals surface area contributed by atoms with E-state index in [0.717, 1.165) is 10.8 Å². The van der Waals surface area contributed by atoms with E-state index in [0.29, 0.717) is 27.6 Å². The van der Waals surface area contributed by atoms with Crippen molar-refractivity contribution in [2.24, 2.45) is 7.05 Å². The van der Waals surface area contributed by atoms with E-state index in [4.69, 9.17) is 11.6 Å². The zero-order valence-corrected chi connectivity index (χ0v) is 20.5. The van der Waals surface area contributed by atoms with E-state index in [1.807, 2.05) is 4.98 Å². The molecular weight excluding hydrogens is 545 g/mol. The molecule has 0 bridgehead atoms. The monoisotopic (exact) mass is 560 g/mol. The van der Waals surface area contributed by atoms with Gasteiger partial charge in [-0.1, -0.05) is 11.6 Å². The van der Waals surface area contributed by atoms with Crippen LogP contribution >= 0.6 is 11.6 Å². The number of hydrogen-bond acceptors (Lipinski definition) is 7. The first-order chi connectivity index (χ1) is 18.5. The van der Waals surface area contributed by atoms with E-state index in [1.54, 1.807) is 24.0 Å². The number of fused-ring (bicyclic) bond motifs is 1. The second-order valence-electron chi connectivity index (χ2n) is 8.46. The maximum absolute atomic E-state index is 13.9. The number of halogens is 4. The van der Waals surface area contributed by atoms with Gasteiger partial charge in [-0.05, 0) is 29.8 Å². The Hall–Kier alpha value is -4.92. The lowest BCUT2D eigenvalue weighted by atomic mass is 10.2. The zero-order valence-electron chi connectivity index (χ0n) is 19.8. The molecule has 5 aromatic rings. The van der Waals surface area contributed by atoms with E-state index >= 15 is 0 Å². The van der Waals surface area contributed by atoms with E-state index in [1.165, 1.54) is 6.07 Å². The van der Waals surface area contributed by atoms with Crippen molar-refractivity contribution in [2.75, 3.05) is 5.32 Å². The van der Waals surface area contributed by atoms with Gasteiger partial charge in [-0.3, -0.25) is 19.0 Å². The maximum atomic E-state index is 13.9. The predicted octanol–water partition coefficient (Wildman–Crippen LogP) is 1.58. The normalized spacial score (nSPS) is 11.3. The van der Waals surface area contributed by atoms with Gasteiger partial charge in [0.1, 0.15) is 0 Å². The van der Waals surface area contributed by atoms with Crippen molar-refractivity contribution in [2.45, 2.75) is 13.1 Å². The third kappa shape index (κ3) is 4.98. The maximum Gasteiger partial charge on any atom is 0.355 e. The highest BCUT2D eigenvalue weighted by Crippen LogP contribution is 2.29. The largest absolute Gasteiger partial charge is 0.355 e. The molecule has 12 nitrogen and oxygen atoms in total. The second kappa shape index (κ2) is 9.75. The fraction of sp³-hybridized carbons (Fsp3) is 0.130. The van der Waals surface area contributed by atoms with Gasteiger partial charge < -0.3 is 10.3 Å². The summed E-state index contributed by atoms with van der Waals surface area (Å²) in [7, 11) is 1.70. The van der Waals surface area contributed by atoms with Gasteiger partial charge >= 0.3 is 17.1 Å². The smallest absolute Gasteiger partial charge is 0.324 e. The fourth-order valence-electron chi connectivity index (χ4n) is 3.90. The van der Waals surface area contributed by atoms with Crippen molar-refractivity contribution < 1.29 is 13.2 Å². The molecule has 0 saturated carbocycles. The molecule has 0 aliphatic carbocycles. The van der Waals surface area contributed by atoms with Gasteiger partial charge in [-0.25, -0.2) is 32.1 Å². The lowest BCUT2D eigenvalue weighted by Crippen LogP contribution is -2.44. The molecule has 0 amide bonds. The number of rotatable bonds is 6. The summed E-state index contributed by atoms with van der Waals surface area (Å²) in [6, 6.07) is 4.50. The van der Waals surface area contributed by atoms with E-state index in [-0.39, 0.29) is 27.8 Å². The van der Waals surface area contributed by atoms with Gasteiger partial charge in [0.15, 0.2) is 17.5 Å². The number of aromatic nitrogens is 7. The van der Waals surface area contributed by atoms with Crippen LogP contribution in [-0.4, -0.2) is 33.9 Å². The van der Waals surface area contributed by atoms with Crippen LogP contribution in [0.1, 0.15) is 11.1 Å². The minimum Gasteiger partial charge on any atom is -0.324 e. The molecule has 5 rings (SSSR count). The first-order valence-electron chi connectivity index (χ1n) is 11.1. The molecule has 0 radical (unpaired) electrons. The average molecular weight is 561 g/mol. The summed E-state index contributed by atoms with van der Waals surface area (Å²) in [5, 5.41) is 7.84. The van der Waals surface area contributed by atoms with Crippen molar-refractivity contribution in [3.8, 4) is 0 Å². The number of benzene rings is 2. The van der Waals surface area contributed by atoms with Gasteiger partial charge in [-0.2, -0.15) is 10.1 Å². The molecular formula is C23H16ClF3N8O4. The number of anilines is 2. The van der Waals surface area contributed by atoms with Crippen LogP contribution < -0.4 is 27.9 Å². The molecule has 0 saturated heterocycles. The van der Waals surface area contributed by atoms with Crippen LogP contribution in [0.2, 0.25) is 5.02 Å². The molecule has 3 heterocycles. The van der Waals surface area contributed by atoms with E-state index < -0.39 is 53.2 Å². The first-order valence-corrected chi connectivity index (χ1v) is 11.4. The first kappa shape index (κ1) is 25.7. The third-order valence-corrected chi connectivity index (χ3v) is 6.03. The van der Waals surface area contributed by atoms with Gasteiger partial charge in [0, 0.05) is 24.8 Å². The van der Waals surface area contributed by atoms with Crippen molar-refractivity contribution in [1.82, 2.24) is 33.9 Å². The third-order valence-electron chi connectivity index (χ3n) is 5.71. The Morgan fingerprint density at radius 1 is 1.00 bits per heavy atom. The van der Waals surface area contributed by atoms with Crippen molar-refractivity contribution >= 4 is 34.1 Å². The fourth-order valence-corrected chi connectivity index (χ4v) is 4.10.